The summed E-state index contributed by atoms with van der Waals surface area (Å²) >= 11 is 3.46. The predicted octanol–water partition coefficient (Wildman–Crippen LogP) is 5.62. The first-order valence-corrected chi connectivity index (χ1v) is 17.2. The smallest absolute Gasteiger partial charge is 0.244 e. The van der Waals surface area contributed by atoms with E-state index in [-0.39, 0.29) is 24.9 Å². The van der Waals surface area contributed by atoms with Crippen molar-refractivity contribution in [1.29, 1.82) is 0 Å². The third-order valence-corrected chi connectivity index (χ3v) is 9.85. The molecular formula is C33H40BrN3O5S. The van der Waals surface area contributed by atoms with E-state index in [0.717, 1.165) is 63.8 Å². The number of carbonyl (C=O) groups is 2. The van der Waals surface area contributed by atoms with Gasteiger partial charge in [-0.25, -0.2) is 8.42 Å². The summed E-state index contributed by atoms with van der Waals surface area (Å²) < 4.78 is 33.4. The van der Waals surface area contributed by atoms with Gasteiger partial charge in [0.25, 0.3) is 0 Å². The second-order valence-corrected chi connectivity index (χ2v) is 13.9. The maximum atomic E-state index is 14.3. The third-order valence-electron chi connectivity index (χ3n) is 7.82. The Bertz CT molecular complexity index is 1510. The summed E-state index contributed by atoms with van der Waals surface area (Å²) in [5, 5.41) is 3.22. The van der Waals surface area contributed by atoms with Gasteiger partial charge >= 0.3 is 0 Å². The summed E-state index contributed by atoms with van der Waals surface area (Å²) in [6, 6.07) is 21.2. The highest BCUT2D eigenvalue weighted by molar-refractivity contribution is 9.10. The normalized spacial score (nSPS) is 14.5. The number of sulfonamides is 1. The van der Waals surface area contributed by atoms with E-state index in [9.17, 15) is 18.0 Å². The van der Waals surface area contributed by atoms with Crippen molar-refractivity contribution in [2.45, 2.75) is 64.1 Å². The number of amides is 2. The molecule has 1 saturated carbocycles. The molecule has 10 heteroatoms. The summed E-state index contributed by atoms with van der Waals surface area (Å²) in [4.78, 5) is 29.9. The minimum atomic E-state index is -3.84. The molecule has 1 N–H and O–H groups in total. The van der Waals surface area contributed by atoms with Crippen LogP contribution in [-0.2, 0) is 32.6 Å². The number of anilines is 1. The van der Waals surface area contributed by atoms with Crippen LogP contribution in [-0.4, -0.2) is 57.1 Å². The molecule has 1 aliphatic rings. The van der Waals surface area contributed by atoms with Crippen molar-refractivity contribution < 1.29 is 22.7 Å². The van der Waals surface area contributed by atoms with Crippen LogP contribution in [0.5, 0.6) is 5.75 Å². The number of nitrogens with one attached hydrogen (secondary N) is 1. The molecule has 43 heavy (non-hydrogen) atoms. The lowest BCUT2D eigenvalue weighted by molar-refractivity contribution is -0.140. The summed E-state index contributed by atoms with van der Waals surface area (Å²) in [6.45, 7) is 1.50. The summed E-state index contributed by atoms with van der Waals surface area (Å²) in [5.41, 5.74) is 2.88. The highest BCUT2D eigenvalue weighted by atomic mass is 79.9. The van der Waals surface area contributed by atoms with E-state index in [1.807, 2.05) is 61.5 Å². The fourth-order valence-corrected chi connectivity index (χ4v) is 6.55. The van der Waals surface area contributed by atoms with Crippen LogP contribution in [0.15, 0.2) is 77.3 Å². The molecule has 1 atom stereocenters. The summed E-state index contributed by atoms with van der Waals surface area (Å²) in [6.07, 6.45) is 6.42. The van der Waals surface area contributed by atoms with Crippen molar-refractivity contribution in [3.63, 3.8) is 0 Å². The molecule has 0 saturated heterocycles. The van der Waals surface area contributed by atoms with E-state index in [2.05, 4.69) is 21.2 Å². The third kappa shape index (κ3) is 9.06. The molecule has 0 bridgehead atoms. The molecule has 3 aromatic carbocycles. The first-order chi connectivity index (χ1) is 20.5. The van der Waals surface area contributed by atoms with Gasteiger partial charge in [0, 0.05) is 23.5 Å². The van der Waals surface area contributed by atoms with Gasteiger partial charge < -0.3 is 15.0 Å². The fourth-order valence-electron chi connectivity index (χ4n) is 5.46. The number of hydrogen-bond donors (Lipinski definition) is 1. The average molecular weight is 671 g/mol. The number of rotatable bonds is 12. The number of halogens is 1. The number of ether oxygens (including phenoxy) is 1. The van der Waals surface area contributed by atoms with Crippen molar-refractivity contribution in [3.8, 4) is 5.75 Å². The Hall–Kier alpha value is -3.37. The van der Waals surface area contributed by atoms with Crippen LogP contribution in [0.1, 0.15) is 48.8 Å². The van der Waals surface area contributed by atoms with E-state index < -0.39 is 28.5 Å². The average Bonchev–Trinajstić information content (AvgIpc) is 2.99. The standard InChI is InChI=1S/C33H40BrN3O5S/c1-24-19-28(17-18-30(24)34)37(43(3,40)41)23-32(38)36(22-26-13-10-16-29(20-26)42-2)31(21-25-11-6-4-7-12-25)33(39)35-27-14-8-5-9-15-27/h4,6-7,10-13,16-20,27,31H,5,8-9,14-15,21-23H2,1-3H3,(H,35,39)/t31-/m1/s1. The minimum absolute atomic E-state index is 0.0477. The highest BCUT2D eigenvalue weighted by Gasteiger charge is 2.34. The summed E-state index contributed by atoms with van der Waals surface area (Å²) in [5.74, 6) is -0.0924. The number of aryl methyl sites for hydroxylation is 1. The van der Waals surface area contributed by atoms with Gasteiger partial charge in [0.05, 0.1) is 19.1 Å². The Morgan fingerprint density at radius 2 is 1.67 bits per heavy atom. The van der Waals surface area contributed by atoms with E-state index in [1.165, 1.54) is 4.90 Å². The second-order valence-electron chi connectivity index (χ2n) is 11.1. The van der Waals surface area contributed by atoms with Crippen LogP contribution in [0.3, 0.4) is 0 Å². The fraction of sp³-hybridized carbons (Fsp3) is 0.394. The Morgan fingerprint density at radius 3 is 2.33 bits per heavy atom. The Balaban J connectivity index is 1.74. The van der Waals surface area contributed by atoms with Gasteiger partial charge in [-0.3, -0.25) is 13.9 Å². The molecule has 2 amide bonds. The largest absolute Gasteiger partial charge is 0.497 e. The molecule has 3 aromatic rings. The molecule has 0 spiro atoms. The first kappa shape index (κ1) is 32.5. The highest BCUT2D eigenvalue weighted by Crippen LogP contribution is 2.26. The lowest BCUT2D eigenvalue weighted by atomic mass is 9.94. The molecule has 0 radical (unpaired) electrons. The summed E-state index contributed by atoms with van der Waals surface area (Å²) in [7, 11) is -2.27. The van der Waals surface area contributed by atoms with Crippen molar-refractivity contribution >= 4 is 43.5 Å². The zero-order valence-electron chi connectivity index (χ0n) is 25.0. The molecule has 0 aromatic heterocycles. The van der Waals surface area contributed by atoms with E-state index in [4.69, 9.17) is 4.74 Å². The van der Waals surface area contributed by atoms with Crippen LogP contribution < -0.4 is 14.4 Å². The van der Waals surface area contributed by atoms with E-state index in [1.54, 1.807) is 25.3 Å². The lowest BCUT2D eigenvalue weighted by Gasteiger charge is -2.35. The van der Waals surface area contributed by atoms with Gasteiger partial charge in [-0.1, -0.05) is 77.7 Å². The van der Waals surface area contributed by atoms with E-state index >= 15 is 0 Å². The second kappa shape index (κ2) is 14.9. The SMILES string of the molecule is COc1cccc(CN(C(=O)CN(c2ccc(Br)c(C)c2)S(C)(=O)=O)[C@H](Cc2ccccc2)C(=O)NC2CCCCC2)c1. The van der Waals surface area contributed by atoms with Gasteiger partial charge in [0.2, 0.25) is 21.8 Å². The first-order valence-electron chi connectivity index (χ1n) is 14.6. The molecular weight excluding hydrogens is 630 g/mol. The molecule has 230 valence electrons. The van der Waals surface area contributed by atoms with Crippen molar-refractivity contribution in [3.05, 3.63) is 94.0 Å². The van der Waals surface area contributed by atoms with Gasteiger partial charge in [-0.05, 0) is 66.8 Å². The van der Waals surface area contributed by atoms with Crippen LogP contribution in [0.4, 0.5) is 5.69 Å². The molecule has 0 heterocycles. The van der Waals surface area contributed by atoms with Crippen molar-refractivity contribution in [1.82, 2.24) is 10.2 Å². The molecule has 8 nitrogen and oxygen atoms in total. The molecule has 4 rings (SSSR count). The predicted molar refractivity (Wildman–Crippen MR) is 174 cm³/mol. The number of methoxy groups -OCH3 is 1. The van der Waals surface area contributed by atoms with Crippen LogP contribution in [0, 0.1) is 6.92 Å². The van der Waals surface area contributed by atoms with Crippen LogP contribution >= 0.6 is 15.9 Å². The molecule has 0 aliphatic heterocycles. The maximum Gasteiger partial charge on any atom is 0.244 e. The van der Waals surface area contributed by atoms with Crippen molar-refractivity contribution in [2.24, 2.45) is 0 Å². The minimum Gasteiger partial charge on any atom is -0.497 e. The molecule has 1 aliphatic carbocycles. The van der Waals surface area contributed by atoms with Gasteiger partial charge in [-0.15, -0.1) is 0 Å². The van der Waals surface area contributed by atoms with Crippen molar-refractivity contribution in [2.75, 3.05) is 24.2 Å². The van der Waals surface area contributed by atoms with Crippen LogP contribution in [0.2, 0.25) is 0 Å². The zero-order valence-corrected chi connectivity index (χ0v) is 27.4. The quantitative estimate of drug-likeness (QED) is 0.270. The Labute approximate surface area is 263 Å². The lowest BCUT2D eigenvalue weighted by Crippen LogP contribution is -2.55. The van der Waals surface area contributed by atoms with Gasteiger partial charge in [-0.2, -0.15) is 0 Å². The number of nitrogens with zero attached hydrogens (tertiary/aromatic N) is 2. The number of hydrogen-bond acceptors (Lipinski definition) is 5. The van der Waals surface area contributed by atoms with Gasteiger partial charge in [0.15, 0.2) is 0 Å². The Morgan fingerprint density at radius 1 is 0.977 bits per heavy atom. The number of benzene rings is 3. The van der Waals surface area contributed by atoms with Crippen LogP contribution in [0.25, 0.3) is 0 Å². The monoisotopic (exact) mass is 669 g/mol. The molecule has 1 fully saturated rings. The zero-order chi connectivity index (χ0) is 31.0. The van der Waals surface area contributed by atoms with E-state index in [0.29, 0.717) is 11.4 Å². The Kier molecular flexibility index (Phi) is 11.3. The topological polar surface area (TPSA) is 96.0 Å². The number of carbonyl (C=O) groups excluding carboxylic acids is 2. The van der Waals surface area contributed by atoms with Gasteiger partial charge in [0.1, 0.15) is 18.3 Å². The maximum absolute atomic E-state index is 14.3. The molecule has 0 unspecified atom stereocenters.